The zero-order valence-corrected chi connectivity index (χ0v) is 23.4. The third-order valence-electron chi connectivity index (χ3n) is 7.62. The standard InChI is InChI=1S/C29H44Cl2O4/c1-5-7-13-29(14-8-6-2)18-23(20-9-12-25(30)26(31)15-20)24(28(3,4)19-29)11-10-21(32)16-22(33)17-27(34)35/h9,12,15,21-22,32-33H,5-8,10-11,13-14,16-19H2,1-4H3,(H,34,35). The molecular weight excluding hydrogens is 483 g/mol. The Balaban J connectivity index is 2.43. The van der Waals surface area contributed by atoms with Gasteiger partial charge < -0.3 is 15.3 Å². The van der Waals surface area contributed by atoms with Gasteiger partial charge in [-0.2, -0.15) is 0 Å². The fourth-order valence-corrected chi connectivity index (χ4v) is 6.35. The van der Waals surface area contributed by atoms with E-state index in [4.69, 9.17) is 28.3 Å². The molecule has 198 valence electrons. The number of rotatable bonds is 14. The van der Waals surface area contributed by atoms with Crippen molar-refractivity contribution in [3.05, 3.63) is 39.4 Å². The predicted molar refractivity (Wildman–Crippen MR) is 146 cm³/mol. The molecule has 0 amide bonds. The zero-order valence-electron chi connectivity index (χ0n) is 21.9. The van der Waals surface area contributed by atoms with Crippen LogP contribution in [0.5, 0.6) is 0 Å². The molecule has 0 saturated carbocycles. The van der Waals surface area contributed by atoms with Crippen molar-refractivity contribution < 1.29 is 20.1 Å². The van der Waals surface area contributed by atoms with E-state index in [1.54, 1.807) is 0 Å². The van der Waals surface area contributed by atoms with Gasteiger partial charge in [0.1, 0.15) is 0 Å². The van der Waals surface area contributed by atoms with Crippen LogP contribution in [0.25, 0.3) is 5.57 Å². The van der Waals surface area contributed by atoms with Gasteiger partial charge in [-0.05, 0) is 79.0 Å². The Labute approximate surface area is 221 Å². The van der Waals surface area contributed by atoms with Crippen molar-refractivity contribution in [2.75, 3.05) is 0 Å². The number of carboxylic acid groups (broad SMARTS) is 1. The van der Waals surface area contributed by atoms with Crippen molar-refractivity contribution in [1.29, 1.82) is 0 Å². The van der Waals surface area contributed by atoms with Crippen LogP contribution in [0, 0.1) is 10.8 Å². The summed E-state index contributed by atoms with van der Waals surface area (Å²) in [6, 6.07) is 5.89. The Bertz CT molecular complexity index is 869. The number of aliphatic carboxylic acids is 1. The van der Waals surface area contributed by atoms with Crippen molar-refractivity contribution in [2.45, 2.75) is 117 Å². The van der Waals surface area contributed by atoms with Crippen LogP contribution in [-0.4, -0.2) is 33.5 Å². The lowest BCUT2D eigenvalue weighted by Gasteiger charge is -2.48. The first-order valence-corrected chi connectivity index (χ1v) is 13.9. The van der Waals surface area contributed by atoms with Crippen molar-refractivity contribution in [2.24, 2.45) is 10.8 Å². The molecule has 1 aromatic carbocycles. The van der Waals surface area contributed by atoms with Gasteiger partial charge in [-0.1, -0.05) is 88.2 Å². The van der Waals surface area contributed by atoms with Gasteiger partial charge >= 0.3 is 5.97 Å². The first-order chi connectivity index (χ1) is 16.4. The molecule has 0 aliphatic heterocycles. The highest BCUT2D eigenvalue weighted by atomic mass is 35.5. The molecule has 0 bridgehead atoms. The van der Waals surface area contributed by atoms with Crippen molar-refractivity contribution in [1.82, 2.24) is 0 Å². The summed E-state index contributed by atoms with van der Waals surface area (Å²) in [4.78, 5) is 10.9. The largest absolute Gasteiger partial charge is 0.481 e. The van der Waals surface area contributed by atoms with Crippen molar-refractivity contribution in [3.63, 3.8) is 0 Å². The minimum absolute atomic E-state index is 0.0550. The summed E-state index contributed by atoms with van der Waals surface area (Å²) in [5, 5.41) is 30.6. The third kappa shape index (κ3) is 8.77. The summed E-state index contributed by atoms with van der Waals surface area (Å²) in [7, 11) is 0. The number of halogens is 2. The second-order valence-electron chi connectivity index (χ2n) is 11.2. The van der Waals surface area contributed by atoms with E-state index < -0.39 is 18.2 Å². The average Bonchev–Trinajstić information content (AvgIpc) is 2.76. The monoisotopic (exact) mass is 526 g/mol. The van der Waals surface area contributed by atoms with E-state index in [0.717, 1.165) is 18.4 Å². The highest BCUT2D eigenvalue weighted by Crippen LogP contribution is 2.57. The summed E-state index contributed by atoms with van der Waals surface area (Å²) >= 11 is 12.7. The van der Waals surface area contributed by atoms with Gasteiger partial charge in [0.05, 0.1) is 28.7 Å². The Kier molecular flexibility index (Phi) is 11.6. The Morgan fingerprint density at radius 2 is 1.66 bits per heavy atom. The molecule has 1 aliphatic carbocycles. The van der Waals surface area contributed by atoms with E-state index in [-0.39, 0.29) is 23.7 Å². The molecule has 2 unspecified atom stereocenters. The van der Waals surface area contributed by atoms with Gasteiger partial charge in [0.2, 0.25) is 0 Å². The van der Waals surface area contributed by atoms with Crippen LogP contribution in [0.2, 0.25) is 10.0 Å². The van der Waals surface area contributed by atoms with Crippen LogP contribution in [0.4, 0.5) is 0 Å². The van der Waals surface area contributed by atoms with Crippen LogP contribution in [-0.2, 0) is 4.79 Å². The Morgan fingerprint density at radius 1 is 1.03 bits per heavy atom. The van der Waals surface area contributed by atoms with Gasteiger partial charge in [0.25, 0.3) is 0 Å². The highest BCUT2D eigenvalue weighted by molar-refractivity contribution is 6.42. The number of hydrogen-bond acceptors (Lipinski definition) is 3. The van der Waals surface area contributed by atoms with E-state index in [2.05, 4.69) is 33.8 Å². The maximum atomic E-state index is 10.9. The lowest BCUT2D eigenvalue weighted by atomic mass is 9.56. The van der Waals surface area contributed by atoms with E-state index in [9.17, 15) is 15.0 Å². The fraction of sp³-hybridized carbons (Fsp3) is 0.690. The maximum absolute atomic E-state index is 10.9. The molecule has 0 saturated heterocycles. The third-order valence-corrected chi connectivity index (χ3v) is 8.36. The minimum Gasteiger partial charge on any atom is -0.481 e. The molecule has 2 atom stereocenters. The van der Waals surface area contributed by atoms with Gasteiger partial charge in [-0.15, -0.1) is 0 Å². The van der Waals surface area contributed by atoms with E-state index in [0.29, 0.717) is 22.9 Å². The second-order valence-corrected chi connectivity index (χ2v) is 12.0. The smallest absolute Gasteiger partial charge is 0.305 e. The lowest BCUT2D eigenvalue weighted by Crippen LogP contribution is -2.35. The normalized spacial score (nSPS) is 19.0. The summed E-state index contributed by atoms with van der Waals surface area (Å²) in [5.74, 6) is -1.06. The molecule has 0 radical (unpaired) electrons. The van der Waals surface area contributed by atoms with Crippen molar-refractivity contribution in [3.8, 4) is 0 Å². The number of hydrogen-bond donors (Lipinski definition) is 3. The first kappa shape index (κ1) is 30.2. The maximum Gasteiger partial charge on any atom is 0.305 e. The topological polar surface area (TPSA) is 77.8 Å². The van der Waals surface area contributed by atoms with Gasteiger partial charge in [-0.3, -0.25) is 4.79 Å². The van der Waals surface area contributed by atoms with Crippen LogP contribution >= 0.6 is 23.2 Å². The SMILES string of the molecule is CCCCC1(CCCC)CC(c2ccc(Cl)c(Cl)c2)=C(CCC(O)CC(O)CC(=O)O)C(C)(C)C1. The molecule has 0 aromatic heterocycles. The van der Waals surface area contributed by atoms with Gasteiger partial charge in [0, 0.05) is 0 Å². The fourth-order valence-electron chi connectivity index (χ4n) is 6.06. The summed E-state index contributed by atoms with van der Waals surface area (Å²) in [6.07, 6.45) is 8.39. The summed E-state index contributed by atoms with van der Waals surface area (Å²) in [6.45, 7) is 9.14. The highest BCUT2D eigenvalue weighted by Gasteiger charge is 2.43. The molecule has 0 spiro atoms. The van der Waals surface area contributed by atoms with Gasteiger partial charge in [-0.25, -0.2) is 0 Å². The number of aliphatic hydroxyl groups is 2. The summed E-state index contributed by atoms with van der Waals surface area (Å²) in [5.41, 5.74) is 3.91. The zero-order chi connectivity index (χ0) is 26.2. The second kappa shape index (κ2) is 13.5. The van der Waals surface area contributed by atoms with Crippen LogP contribution < -0.4 is 0 Å². The van der Waals surface area contributed by atoms with Crippen LogP contribution in [0.1, 0.15) is 110 Å². The molecule has 3 N–H and O–H groups in total. The lowest BCUT2D eigenvalue weighted by molar-refractivity contribution is -0.139. The molecule has 4 nitrogen and oxygen atoms in total. The number of carbonyl (C=O) groups is 1. The van der Waals surface area contributed by atoms with Crippen molar-refractivity contribution >= 4 is 34.7 Å². The van der Waals surface area contributed by atoms with Crippen LogP contribution in [0.15, 0.2) is 23.8 Å². The number of benzene rings is 1. The predicted octanol–water partition coefficient (Wildman–Crippen LogP) is 8.30. The number of aliphatic hydroxyl groups excluding tert-OH is 2. The molecule has 35 heavy (non-hydrogen) atoms. The Morgan fingerprint density at radius 3 is 2.20 bits per heavy atom. The molecule has 6 heteroatoms. The molecular formula is C29H44Cl2O4. The first-order valence-electron chi connectivity index (χ1n) is 13.2. The number of unbranched alkanes of at least 4 members (excludes halogenated alkanes) is 2. The molecule has 1 aliphatic rings. The molecule has 2 rings (SSSR count). The van der Waals surface area contributed by atoms with E-state index >= 15 is 0 Å². The minimum atomic E-state index is -1.06. The van der Waals surface area contributed by atoms with E-state index in [1.807, 2.05) is 12.1 Å². The van der Waals surface area contributed by atoms with E-state index in [1.165, 1.54) is 49.7 Å². The Hall–Kier alpha value is -1.07. The quantitative estimate of drug-likeness (QED) is 0.227. The molecule has 0 fully saturated rings. The number of carboxylic acids is 1. The summed E-state index contributed by atoms with van der Waals surface area (Å²) < 4.78 is 0. The average molecular weight is 528 g/mol. The number of allylic oxidation sites excluding steroid dienone is 2. The molecule has 0 heterocycles. The molecule has 1 aromatic rings. The van der Waals surface area contributed by atoms with Crippen LogP contribution in [0.3, 0.4) is 0 Å². The van der Waals surface area contributed by atoms with Gasteiger partial charge in [0.15, 0.2) is 0 Å².